The summed E-state index contributed by atoms with van der Waals surface area (Å²) in [5.74, 6) is 0. The van der Waals surface area contributed by atoms with Gasteiger partial charge in [0.25, 0.3) is 0 Å². The van der Waals surface area contributed by atoms with E-state index in [1.54, 1.807) is 37.7 Å². The summed E-state index contributed by atoms with van der Waals surface area (Å²) in [4.78, 5) is 0. The molecule has 4 atom stereocenters. The molecule has 1 unspecified atom stereocenters. The van der Waals surface area contributed by atoms with Gasteiger partial charge in [0.2, 0.25) is 0 Å². The lowest BCUT2D eigenvalue weighted by atomic mass is 10.0. The third-order valence-electron chi connectivity index (χ3n) is 3.80. The standard InChI is InChI=1S/C16H21N2O3P/c1-5-11-16(3,12-17)21-22(19)18(4)13(2)15(20-22)14-9-7-6-8-10-14/h5-11,13,15H,1-4H3/b11-5+/t13-,15+,16+,22?/m0/s1. The normalized spacial score (nSPS) is 32.0. The summed E-state index contributed by atoms with van der Waals surface area (Å²) >= 11 is 0. The molecule has 0 radical (unpaired) electrons. The van der Waals surface area contributed by atoms with E-state index in [2.05, 4.69) is 0 Å². The maximum Gasteiger partial charge on any atom is 0.410 e. The molecular weight excluding hydrogens is 299 g/mol. The van der Waals surface area contributed by atoms with Crippen molar-refractivity contribution in [1.82, 2.24) is 4.67 Å². The number of hydrogen-bond donors (Lipinski definition) is 0. The predicted octanol–water partition coefficient (Wildman–Crippen LogP) is 4.06. The first-order valence-electron chi connectivity index (χ1n) is 7.18. The Hall–Kier alpha value is -1.44. The van der Waals surface area contributed by atoms with Crippen molar-refractivity contribution in [2.24, 2.45) is 0 Å². The molecule has 1 aromatic carbocycles. The van der Waals surface area contributed by atoms with Gasteiger partial charge in [0.1, 0.15) is 12.2 Å². The zero-order chi connectivity index (χ0) is 16.4. The molecule has 1 saturated heterocycles. The number of hydrogen-bond acceptors (Lipinski definition) is 4. The highest BCUT2D eigenvalue weighted by molar-refractivity contribution is 7.51. The molecule has 118 valence electrons. The average molecular weight is 320 g/mol. The van der Waals surface area contributed by atoms with Crippen molar-refractivity contribution in [3.63, 3.8) is 0 Å². The van der Waals surface area contributed by atoms with Gasteiger partial charge in [0.15, 0.2) is 5.60 Å². The van der Waals surface area contributed by atoms with Gasteiger partial charge in [-0.25, -0.2) is 9.24 Å². The molecule has 0 bridgehead atoms. The van der Waals surface area contributed by atoms with Crippen molar-refractivity contribution in [2.75, 3.05) is 7.05 Å². The van der Waals surface area contributed by atoms with Crippen molar-refractivity contribution >= 4 is 7.75 Å². The second kappa shape index (κ2) is 6.36. The molecule has 1 heterocycles. The second-order valence-corrected chi connectivity index (χ2v) is 7.49. The first-order chi connectivity index (χ1) is 10.4. The summed E-state index contributed by atoms with van der Waals surface area (Å²) in [5, 5.41) is 9.30. The maximum atomic E-state index is 13.1. The third-order valence-corrected chi connectivity index (χ3v) is 6.04. The van der Waals surface area contributed by atoms with Gasteiger partial charge in [-0.15, -0.1) is 0 Å². The maximum absolute atomic E-state index is 13.1. The lowest BCUT2D eigenvalue weighted by Gasteiger charge is -2.26. The Kier molecular flexibility index (Phi) is 4.89. The van der Waals surface area contributed by atoms with Crippen LogP contribution in [0, 0.1) is 11.3 Å². The highest BCUT2D eigenvalue weighted by atomic mass is 31.2. The Labute approximate surface area is 131 Å². The van der Waals surface area contributed by atoms with Crippen LogP contribution in [-0.4, -0.2) is 23.4 Å². The fourth-order valence-electron chi connectivity index (χ4n) is 2.44. The van der Waals surface area contributed by atoms with Gasteiger partial charge in [-0.05, 0) is 39.5 Å². The zero-order valence-corrected chi connectivity index (χ0v) is 14.2. The number of rotatable bonds is 4. The van der Waals surface area contributed by atoms with Gasteiger partial charge < -0.3 is 0 Å². The number of nitrogens with zero attached hydrogens (tertiary/aromatic N) is 2. The van der Waals surface area contributed by atoms with Crippen LogP contribution in [0.5, 0.6) is 0 Å². The van der Waals surface area contributed by atoms with E-state index in [9.17, 15) is 9.83 Å². The first-order valence-corrected chi connectivity index (χ1v) is 8.67. The van der Waals surface area contributed by atoms with E-state index in [-0.39, 0.29) is 12.1 Å². The molecular formula is C16H21N2O3P. The van der Waals surface area contributed by atoms with Gasteiger partial charge in [-0.2, -0.15) is 5.26 Å². The van der Waals surface area contributed by atoms with Gasteiger partial charge in [-0.1, -0.05) is 36.4 Å². The van der Waals surface area contributed by atoms with Crippen molar-refractivity contribution in [1.29, 1.82) is 5.26 Å². The minimum atomic E-state index is -3.55. The minimum absolute atomic E-state index is 0.123. The minimum Gasteiger partial charge on any atom is -0.287 e. The topological polar surface area (TPSA) is 62.6 Å². The van der Waals surface area contributed by atoms with Crippen molar-refractivity contribution in [3.05, 3.63) is 48.0 Å². The fourth-order valence-corrected chi connectivity index (χ4v) is 4.49. The molecule has 0 N–H and O–H groups in total. The van der Waals surface area contributed by atoms with Gasteiger partial charge in [-0.3, -0.25) is 9.05 Å². The van der Waals surface area contributed by atoms with Crippen LogP contribution in [0.3, 0.4) is 0 Å². The second-order valence-electron chi connectivity index (χ2n) is 5.53. The summed E-state index contributed by atoms with van der Waals surface area (Å²) in [6.45, 7) is 5.29. The lowest BCUT2D eigenvalue weighted by Crippen LogP contribution is -2.28. The van der Waals surface area contributed by atoms with Crippen molar-refractivity contribution in [3.8, 4) is 6.07 Å². The molecule has 0 saturated carbocycles. The van der Waals surface area contributed by atoms with Crippen molar-refractivity contribution < 1.29 is 13.6 Å². The summed E-state index contributed by atoms with van der Waals surface area (Å²) in [6.07, 6.45) is 2.92. The largest absolute Gasteiger partial charge is 0.410 e. The monoisotopic (exact) mass is 320 g/mol. The van der Waals surface area contributed by atoms with Crippen LogP contribution in [0.1, 0.15) is 32.4 Å². The number of allylic oxidation sites excluding steroid dienone is 1. The van der Waals surface area contributed by atoms with Gasteiger partial charge in [0.05, 0.1) is 0 Å². The van der Waals surface area contributed by atoms with E-state index in [0.717, 1.165) is 5.56 Å². The van der Waals surface area contributed by atoms with E-state index < -0.39 is 13.3 Å². The van der Waals surface area contributed by atoms with E-state index >= 15 is 0 Å². The van der Waals surface area contributed by atoms with Gasteiger partial charge >= 0.3 is 7.75 Å². The number of benzene rings is 1. The fraction of sp³-hybridized carbons (Fsp3) is 0.438. The highest BCUT2D eigenvalue weighted by Gasteiger charge is 2.51. The van der Waals surface area contributed by atoms with Crippen molar-refractivity contribution in [2.45, 2.75) is 38.5 Å². The Bertz CT molecular complexity index is 641. The molecule has 1 aromatic rings. The Morgan fingerprint density at radius 2 is 2.09 bits per heavy atom. The smallest absolute Gasteiger partial charge is 0.287 e. The molecule has 0 spiro atoms. The van der Waals surface area contributed by atoms with Crippen LogP contribution in [0.2, 0.25) is 0 Å². The third kappa shape index (κ3) is 3.16. The van der Waals surface area contributed by atoms with Crippen LogP contribution < -0.4 is 0 Å². The Morgan fingerprint density at radius 1 is 1.45 bits per heavy atom. The Balaban J connectivity index is 2.29. The van der Waals surface area contributed by atoms with Gasteiger partial charge in [0, 0.05) is 6.04 Å². The number of nitriles is 1. The highest BCUT2D eigenvalue weighted by Crippen LogP contribution is 2.64. The Morgan fingerprint density at radius 3 is 2.64 bits per heavy atom. The van der Waals surface area contributed by atoms with E-state index in [1.165, 1.54) is 0 Å². The summed E-state index contributed by atoms with van der Waals surface area (Å²) in [7, 11) is -1.85. The predicted molar refractivity (Wildman–Crippen MR) is 85.0 cm³/mol. The molecule has 22 heavy (non-hydrogen) atoms. The SMILES string of the molecule is C/C=C/[C@](C)(C#N)OP1(=O)O[C@@H](c2ccccc2)[C@H](C)N1C. The molecule has 0 aromatic heterocycles. The summed E-state index contributed by atoms with van der Waals surface area (Å²) in [5.41, 5.74) is -0.350. The van der Waals surface area contributed by atoms with Crippen LogP contribution in [0.15, 0.2) is 42.5 Å². The first kappa shape index (κ1) is 16.9. The zero-order valence-electron chi connectivity index (χ0n) is 13.3. The van der Waals surface area contributed by atoms with Crippen LogP contribution in [0.4, 0.5) is 0 Å². The average Bonchev–Trinajstić information content (AvgIpc) is 2.73. The molecule has 1 fully saturated rings. The molecule has 5 nitrogen and oxygen atoms in total. The van der Waals surface area contributed by atoms with E-state index in [0.29, 0.717) is 0 Å². The molecule has 1 aliphatic heterocycles. The lowest BCUT2D eigenvalue weighted by molar-refractivity contribution is 0.127. The van der Waals surface area contributed by atoms with Crippen LogP contribution in [0.25, 0.3) is 0 Å². The van der Waals surface area contributed by atoms with Crippen LogP contribution in [-0.2, 0) is 13.6 Å². The van der Waals surface area contributed by atoms with Crippen LogP contribution >= 0.6 is 7.75 Å². The molecule has 6 heteroatoms. The quantitative estimate of drug-likeness (QED) is 0.618. The number of likely N-dealkylation sites (N-methyl/N-ethyl adjacent to an activating group) is 1. The molecule has 0 amide bonds. The van der Waals surface area contributed by atoms with E-state index in [4.69, 9.17) is 9.05 Å². The van der Waals surface area contributed by atoms with E-state index in [1.807, 2.05) is 43.3 Å². The summed E-state index contributed by atoms with van der Waals surface area (Å²) in [6, 6.07) is 11.5. The summed E-state index contributed by atoms with van der Waals surface area (Å²) < 4.78 is 26.1. The molecule has 0 aliphatic carbocycles. The molecule has 2 rings (SSSR count). The molecule has 1 aliphatic rings.